The average Bonchev–Trinajstić information content (AvgIpc) is 2.39. The maximum atomic E-state index is 5.45. The molecule has 1 aromatic heterocycles. The van der Waals surface area contributed by atoms with Gasteiger partial charge in [0.05, 0.1) is 7.11 Å². The van der Waals surface area contributed by atoms with Crippen LogP contribution >= 0.6 is 15.9 Å². The molecule has 0 spiro atoms. The Bertz CT molecular complexity index is 653. The Morgan fingerprint density at radius 2 is 1.75 bits per heavy atom. The largest absolute Gasteiger partial charge is 0.496 e. The lowest BCUT2D eigenvalue weighted by atomic mass is 10.0. The summed E-state index contributed by atoms with van der Waals surface area (Å²) in [7, 11) is 1.71. The van der Waals surface area contributed by atoms with Crippen LogP contribution in [-0.2, 0) is 0 Å². The van der Waals surface area contributed by atoms with E-state index in [0.717, 1.165) is 38.4 Å². The SMILES string of the molecule is COc1c(C)cc(Nc2ncc(Br)cc2C)c(C)c1C. The third-order valence-electron chi connectivity index (χ3n) is 3.53. The molecule has 2 aromatic rings. The predicted octanol–water partition coefficient (Wildman–Crippen LogP) is 4.83. The van der Waals surface area contributed by atoms with Gasteiger partial charge in [0, 0.05) is 16.4 Å². The zero-order valence-corrected chi connectivity index (χ0v) is 14.1. The van der Waals surface area contributed by atoms with Crippen molar-refractivity contribution in [3.05, 3.63) is 45.1 Å². The van der Waals surface area contributed by atoms with Crippen molar-refractivity contribution in [3.8, 4) is 5.75 Å². The number of nitrogens with zero attached hydrogens (tertiary/aromatic N) is 1. The monoisotopic (exact) mass is 334 g/mol. The van der Waals surface area contributed by atoms with E-state index in [1.54, 1.807) is 13.3 Å². The molecule has 0 aliphatic carbocycles. The van der Waals surface area contributed by atoms with Gasteiger partial charge in [-0.1, -0.05) is 0 Å². The number of aryl methyl sites for hydroxylation is 2. The van der Waals surface area contributed by atoms with Crippen LogP contribution in [0.25, 0.3) is 0 Å². The van der Waals surface area contributed by atoms with E-state index in [2.05, 4.69) is 53.1 Å². The highest BCUT2D eigenvalue weighted by atomic mass is 79.9. The van der Waals surface area contributed by atoms with Crippen molar-refractivity contribution in [2.75, 3.05) is 12.4 Å². The molecule has 1 N–H and O–H groups in total. The van der Waals surface area contributed by atoms with Crippen molar-refractivity contribution >= 4 is 27.4 Å². The maximum Gasteiger partial charge on any atom is 0.133 e. The van der Waals surface area contributed by atoms with Crippen LogP contribution in [-0.4, -0.2) is 12.1 Å². The fourth-order valence-electron chi connectivity index (χ4n) is 2.30. The molecule has 0 unspecified atom stereocenters. The molecule has 4 heteroatoms. The zero-order valence-electron chi connectivity index (χ0n) is 12.5. The molecule has 0 aliphatic rings. The Labute approximate surface area is 128 Å². The maximum absolute atomic E-state index is 5.45. The summed E-state index contributed by atoms with van der Waals surface area (Å²) < 4.78 is 6.44. The molecule has 2 rings (SSSR count). The molecular formula is C16H19BrN2O. The van der Waals surface area contributed by atoms with E-state index < -0.39 is 0 Å². The van der Waals surface area contributed by atoms with E-state index in [9.17, 15) is 0 Å². The van der Waals surface area contributed by atoms with Crippen molar-refractivity contribution in [2.24, 2.45) is 0 Å². The van der Waals surface area contributed by atoms with Gasteiger partial charge in [-0.15, -0.1) is 0 Å². The summed E-state index contributed by atoms with van der Waals surface area (Å²) in [5.41, 5.74) is 5.62. The third-order valence-corrected chi connectivity index (χ3v) is 3.96. The second-order valence-electron chi connectivity index (χ2n) is 4.97. The van der Waals surface area contributed by atoms with Gasteiger partial charge in [0.25, 0.3) is 0 Å². The molecule has 0 bridgehead atoms. The van der Waals surface area contributed by atoms with Crippen LogP contribution in [0.4, 0.5) is 11.5 Å². The first-order valence-corrected chi connectivity index (χ1v) is 7.27. The molecule has 1 aromatic carbocycles. The normalized spacial score (nSPS) is 10.5. The van der Waals surface area contributed by atoms with Crippen LogP contribution in [0.5, 0.6) is 5.75 Å². The Kier molecular flexibility index (Phi) is 4.33. The van der Waals surface area contributed by atoms with Crippen LogP contribution < -0.4 is 10.1 Å². The Morgan fingerprint density at radius 3 is 2.35 bits per heavy atom. The molecule has 0 atom stereocenters. The number of anilines is 2. The molecule has 3 nitrogen and oxygen atoms in total. The van der Waals surface area contributed by atoms with Crippen molar-refractivity contribution < 1.29 is 4.74 Å². The lowest BCUT2D eigenvalue weighted by Gasteiger charge is -2.17. The predicted molar refractivity (Wildman–Crippen MR) is 87.2 cm³/mol. The third kappa shape index (κ3) is 2.80. The van der Waals surface area contributed by atoms with Gasteiger partial charge in [-0.25, -0.2) is 4.98 Å². The Morgan fingerprint density at radius 1 is 1.05 bits per heavy atom. The second-order valence-corrected chi connectivity index (χ2v) is 5.88. The minimum absolute atomic E-state index is 0.875. The molecule has 0 aliphatic heterocycles. The number of nitrogens with one attached hydrogen (secondary N) is 1. The average molecular weight is 335 g/mol. The number of rotatable bonds is 3. The first-order chi connectivity index (χ1) is 9.43. The first kappa shape index (κ1) is 14.9. The highest BCUT2D eigenvalue weighted by Gasteiger charge is 2.11. The molecule has 0 saturated heterocycles. The number of methoxy groups -OCH3 is 1. The highest BCUT2D eigenvalue weighted by molar-refractivity contribution is 9.10. The number of aromatic nitrogens is 1. The summed E-state index contributed by atoms with van der Waals surface area (Å²) in [6.45, 7) is 8.26. The van der Waals surface area contributed by atoms with Gasteiger partial charge >= 0.3 is 0 Å². The minimum Gasteiger partial charge on any atom is -0.496 e. The number of ether oxygens (including phenoxy) is 1. The molecular weight excluding hydrogens is 316 g/mol. The van der Waals surface area contributed by atoms with E-state index in [-0.39, 0.29) is 0 Å². The van der Waals surface area contributed by atoms with Gasteiger partial charge < -0.3 is 10.1 Å². The quantitative estimate of drug-likeness (QED) is 0.872. The molecule has 0 fully saturated rings. The topological polar surface area (TPSA) is 34.1 Å². The van der Waals surface area contributed by atoms with Crippen LogP contribution in [0, 0.1) is 27.7 Å². The highest BCUT2D eigenvalue weighted by Crippen LogP contribution is 2.33. The zero-order chi connectivity index (χ0) is 14.9. The first-order valence-electron chi connectivity index (χ1n) is 6.48. The molecule has 0 saturated carbocycles. The fraction of sp³-hybridized carbons (Fsp3) is 0.312. The van der Waals surface area contributed by atoms with Crippen molar-refractivity contribution in [3.63, 3.8) is 0 Å². The molecule has 20 heavy (non-hydrogen) atoms. The van der Waals surface area contributed by atoms with E-state index in [0.29, 0.717) is 0 Å². The smallest absolute Gasteiger partial charge is 0.133 e. The van der Waals surface area contributed by atoms with Gasteiger partial charge in [-0.05, 0) is 78.0 Å². The second kappa shape index (κ2) is 5.83. The number of pyridine rings is 1. The van der Waals surface area contributed by atoms with Crippen molar-refractivity contribution in [2.45, 2.75) is 27.7 Å². The van der Waals surface area contributed by atoms with Crippen LogP contribution in [0.15, 0.2) is 22.8 Å². The van der Waals surface area contributed by atoms with Crippen molar-refractivity contribution in [1.82, 2.24) is 4.98 Å². The van der Waals surface area contributed by atoms with E-state index in [1.165, 1.54) is 5.56 Å². The fourth-order valence-corrected chi connectivity index (χ4v) is 2.75. The van der Waals surface area contributed by atoms with Gasteiger partial charge in [-0.2, -0.15) is 0 Å². The lowest BCUT2D eigenvalue weighted by Crippen LogP contribution is -2.02. The van der Waals surface area contributed by atoms with Crippen molar-refractivity contribution in [1.29, 1.82) is 0 Å². The number of halogens is 1. The summed E-state index contributed by atoms with van der Waals surface area (Å²) in [5.74, 6) is 1.83. The van der Waals surface area contributed by atoms with E-state index in [4.69, 9.17) is 4.74 Å². The summed E-state index contributed by atoms with van der Waals surface area (Å²) in [4.78, 5) is 4.43. The van der Waals surface area contributed by atoms with Gasteiger partial charge in [0.2, 0.25) is 0 Å². The summed E-state index contributed by atoms with van der Waals surface area (Å²) in [6, 6.07) is 4.15. The van der Waals surface area contributed by atoms with Crippen LogP contribution in [0.2, 0.25) is 0 Å². The molecule has 0 amide bonds. The van der Waals surface area contributed by atoms with Gasteiger partial charge in [-0.3, -0.25) is 0 Å². The standard InChI is InChI=1S/C16H19BrN2O/c1-9-7-14(11(3)12(4)15(9)20-5)19-16-10(2)6-13(17)8-18-16/h6-8H,1-5H3,(H,18,19). The number of hydrogen-bond donors (Lipinski definition) is 1. The van der Waals surface area contributed by atoms with Gasteiger partial charge in [0.15, 0.2) is 0 Å². The summed E-state index contributed by atoms with van der Waals surface area (Å²) in [5, 5.41) is 3.41. The molecule has 1 heterocycles. The molecule has 106 valence electrons. The Balaban J connectivity index is 2.44. The number of benzene rings is 1. The van der Waals surface area contributed by atoms with E-state index >= 15 is 0 Å². The number of hydrogen-bond acceptors (Lipinski definition) is 3. The summed E-state index contributed by atoms with van der Waals surface area (Å²) >= 11 is 3.43. The summed E-state index contributed by atoms with van der Waals surface area (Å²) in [6.07, 6.45) is 1.80. The minimum atomic E-state index is 0.875. The van der Waals surface area contributed by atoms with Crippen LogP contribution in [0.3, 0.4) is 0 Å². The Hall–Kier alpha value is -1.55. The van der Waals surface area contributed by atoms with E-state index in [1.807, 2.05) is 13.0 Å². The van der Waals surface area contributed by atoms with Gasteiger partial charge in [0.1, 0.15) is 11.6 Å². The molecule has 0 radical (unpaired) electrons. The van der Waals surface area contributed by atoms with Crippen LogP contribution in [0.1, 0.15) is 22.3 Å². The lowest BCUT2D eigenvalue weighted by molar-refractivity contribution is 0.408.